The highest BCUT2D eigenvalue weighted by Gasteiger charge is 2.10. The van der Waals surface area contributed by atoms with Crippen molar-refractivity contribution in [3.63, 3.8) is 0 Å². The van der Waals surface area contributed by atoms with Crippen LogP contribution in [0.5, 0.6) is 5.75 Å². The number of hydrogen-bond donors (Lipinski definition) is 1. The number of benzene rings is 2. The molecule has 1 N–H and O–H groups in total. The molecule has 1 unspecified atom stereocenters. The smallest absolute Gasteiger partial charge is 0.140 e. The van der Waals surface area contributed by atoms with Gasteiger partial charge in [-0.05, 0) is 56.2 Å². The molecular formula is C18H20N2O. The second kappa shape index (κ2) is 6.81. The molecule has 0 bridgehead atoms. The minimum atomic E-state index is -0.375. The lowest BCUT2D eigenvalue weighted by Crippen LogP contribution is -2.09. The van der Waals surface area contributed by atoms with E-state index in [9.17, 15) is 5.26 Å². The van der Waals surface area contributed by atoms with Gasteiger partial charge in [-0.1, -0.05) is 24.3 Å². The van der Waals surface area contributed by atoms with Crippen molar-refractivity contribution in [1.82, 2.24) is 0 Å². The molecule has 0 aliphatic carbocycles. The summed E-state index contributed by atoms with van der Waals surface area (Å²) in [6.07, 6.45) is 0.146. The van der Waals surface area contributed by atoms with Crippen molar-refractivity contribution in [3.8, 4) is 11.8 Å². The molecule has 2 aromatic rings. The molecule has 21 heavy (non-hydrogen) atoms. The maximum atomic E-state index is 9.38. The van der Waals surface area contributed by atoms with Crippen LogP contribution in [-0.4, -0.2) is 6.10 Å². The van der Waals surface area contributed by atoms with Crippen molar-refractivity contribution in [2.75, 3.05) is 5.32 Å². The van der Waals surface area contributed by atoms with Crippen LogP contribution in [0.3, 0.4) is 0 Å². The highest BCUT2D eigenvalue weighted by Crippen LogP contribution is 2.22. The Bertz CT molecular complexity index is 626. The summed E-state index contributed by atoms with van der Waals surface area (Å²) in [5.74, 6) is 0.820. The SMILES string of the molecule is Cc1cccc(NC(C#N)c2ccc(OC(C)C)cc2)c1. The highest BCUT2D eigenvalue weighted by atomic mass is 16.5. The molecular weight excluding hydrogens is 260 g/mol. The van der Waals surface area contributed by atoms with Crippen LogP contribution in [0.2, 0.25) is 0 Å². The molecule has 0 fully saturated rings. The first-order valence-electron chi connectivity index (χ1n) is 7.08. The molecule has 1 atom stereocenters. The van der Waals surface area contributed by atoms with Gasteiger partial charge in [0.2, 0.25) is 0 Å². The number of ether oxygens (including phenoxy) is 1. The number of hydrogen-bond acceptors (Lipinski definition) is 3. The van der Waals surface area contributed by atoms with Crippen molar-refractivity contribution in [1.29, 1.82) is 5.26 Å². The Labute approximate surface area is 126 Å². The van der Waals surface area contributed by atoms with Crippen LogP contribution in [0.25, 0.3) is 0 Å². The van der Waals surface area contributed by atoms with Gasteiger partial charge in [-0.25, -0.2) is 0 Å². The van der Waals surface area contributed by atoms with E-state index in [0.717, 1.165) is 22.6 Å². The number of anilines is 1. The second-order valence-electron chi connectivity index (χ2n) is 5.31. The van der Waals surface area contributed by atoms with Gasteiger partial charge in [0.15, 0.2) is 0 Å². The molecule has 108 valence electrons. The summed E-state index contributed by atoms with van der Waals surface area (Å²) < 4.78 is 5.61. The average Bonchev–Trinajstić information content (AvgIpc) is 2.45. The fourth-order valence-corrected chi connectivity index (χ4v) is 2.10. The Morgan fingerprint density at radius 3 is 2.38 bits per heavy atom. The zero-order chi connectivity index (χ0) is 15.2. The van der Waals surface area contributed by atoms with E-state index in [1.165, 1.54) is 0 Å². The molecule has 0 radical (unpaired) electrons. The van der Waals surface area contributed by atoms with Crippen LogP contribution >= 0.6 is 0 Å². The van der Waals surface area contributed by atoms with E-state index in [-0.39, 0.29) is 12.1 Å². The molecule has 0 saturated carbocycles. The number of aryl methyl sites for hydroxylation is 1. The molecule has 0 spiro atoms. The van der Waals surface area contributed by atoms with Gasteiger partial charge in [0, 0.05) is 5.69 Å². The van der Waals surface area contributed by atoms with Crippen LogP contribution in [-0.2, 0) is 0 Å². The zero-order valence-corrected chi connectivity index (χ0v) is 12.6. The first-order valence-corrected chi connectivity index (χ1v) is 7.08. The monoisotopic (exact) mass is 280 g/mol. The second-order valence-corrected chi connectivity index (χ2v) is 5.31. The van der Waals surface area contributed by atoms with Crippen LogP contribution in [0.1, 0.15) is 31.0 Å². The van der Waals surface area contributed by atoms with Crippen LogP contribution in [0.15, 0.2) is 48.5 Å². The third-order valence-electron chi connectivity index (χ3n) is 3.04. The first kappa shape index (κ1) is 14.9. The van der Waals surface area contributed by atoms with Gasteiger partial charge < -0.3 is 10.1 Å². The first-order chi connectivity index (χ1) is 10.1. The standard InChI is InChI=1S/C18H20N2O/c1-13(2)21-17-9-7-15(8-10-17)18(12-19)20-16-6-4-5-14(3)11-16/h4-11,13,18,20H,1-3H3. The number of nitrogens with one attached hydrogen (secondary N) is 1. The zero-order valence-electron chi connectivity index (χ0n) is 12.6. The molecule has 3 nitrogen and oxygen atoms in total. The molecule has 0 aromatic heterocycles. The predicted octanol–water partition coefficient (Wildman–Crippen LogP) is 4.46. The Balaban J connectivity index is 2.12. The lowest BCUT2D eigenvalue weighted by Gasteiger charge is -2.15. The maximum Gasteiger partial charge on any atom is 0.140 e. The molecule has 0 aliphatic heterocycles. The van der Waals surface area contributed by atoms with Crippen molar-refractivity contribution in [2.24, 2.45) is 0 Å². The Hall–Kier alpha value is -2.47. The van der Waals surface area contributed by atoms with Crippen molar-refractivity contribution in [2.45, 2.75) is 32.9 Å². The molecule has 0 saturated heterocycles. The Morgan fingerprint density at radius 1 is 1.10 bits per heavy atom. The lowest BCUT2D eigenvalue weighted by atomic mass is 10.1. The van der Waals surface area contributed by atoms with E-state index < -0.39 is 0 Å². The topological polar surface area (TPSA) is 45.0 Å². The van der Waals surface area contributed by atoms with Crippen LogP contribution in [0, 0.1) is 18.3 Å². The van der Waals surface area contributed by atoms with Gasteiger partial charge in [0.25, 0.3) is 0 Å². The summed E-state index contributed by atoms with van der Waals surface area (Å²) >= 11 is 0. The summed E-state index contributed by atoms with van der Waals surface area (Å²) in [5, 5.41) is 12.6. The molecule has 2 rings (SSSR count). The summed E-state index contributed by atoms with van der Waals surface area (Å²) in [4.78, 5) is 0. The largest absolute Gasteiger partial charge is 0.491 e. The maximum absolute atomic E-state index is 9.38. The van der Waals surface area contributed by atoms with E-state index in [4.69, 9.17) is 4.74 Å². The molecule has 3 heteroatoms. The Morgan fingerprint density at radius 2 is 1.81 bits per heavy atom. The lowest BCUT2D eigenvalue weighted by molar-refractivity contribution is 0.242. The van der Waals surface area contributed by atoms with Gasteiger partial charge in [0.1, 0.15) is 11.8 Å². The van der Waals surface area contributed by atoms with E-state index >= 15 is 0 Å². The number of nitrogens with zero attached hydrogens (tertiary/aromatic N) is 1. The van der Waals surface area contributed by atoms with E-state index in [0.29, 0.717) is 0 Å². The molecule has 0 heterocycles. The predicted molar refractivity (Wildman–Crippen MR) is 85.4 cm³/mol. The quantitative estimate of drug-likeness (QED) is 0.879. The van der Waals surface area contributed by atoms with Crippen LogP contribution in [0.4, 0.5) is 5.69 Å². The van der Waals surface area contributed by atoms with E-state index in [1.807, 2.05) is 69.3 Å². The van der Waals surface area contributed by atoms with E-state index in [2.05, 4.69) is 11.4 Å². The van der Waals surface area contributed by atoms with Gasteiger partial charge >= 0.3 is 0 Å². The minimum Gasteiger partial charge on any atom is -0.491 e. The third-order valence-corrected chi connectivity index (χ3v) is 3.04. The van der Waals surface area contributed by atoms with E-state index in [1.54, 1.807) is 0 Å². The summed E-state index contributed by atoms with van der Waals surface area (Å²) in [6.45, 7) is 6.02. The fraction of sp³-hybridized carbons (Fsp3) is 0.278. The summed E-state index contributed by atoms with van der Waals surface area (Å²) in [6, 6.07) is 17.6. The summed E-state index contributed by atoms with van der Waals surface area (Å²) in [5.41, 5.74) is 3.04. The van der Waals surface area contributed by atoms with Gasteiger partial charge in [-0.3, -0.25) is 0 Å². The minimum absolute atomic E-state index is 0.146. The number of rotatable bonds is 5. The van der Waals surface area contributed by atoms with Gasteiger partial charge in [0.05, 0.1) is 12.2 Å². The fourth-order valence-electron chi connectivity index (χ4n) is 2.10. The normalized spacial score (nSPS) is 11.8. The van der Waals surface area contributed by atoms with Gasteiger partial charge in [-0.15, -0.1) is 0 Å². The van der Waals surface area contributed by atoms with Crippen molar-refractivity contribution in [3.05, 3.63) is 59.7 Å². The van der Waals surface area contributed by atoms with Crippen molar-refractivity contribution >= 4 is 5.69 Å². The summed E-state index contributed by atoms with van der Waals surface area (Å²) in [7, 11) is 0. The highest BCUT2D eigenvalue weighted by molar-refractivity contribution is 5.49. The average molecular weight is 280 g/mol. The molecule has 2 aromatic carbocycles. The third kappa shape index (κ3) is 4.25. The Kier molecular flexibility index (Phi) is 4.84. The molecule has 0 aliphatic rings. The van der Waals surface area contributed by atoms with Crippen molar-refractivity contribution < 1.29 is 4.74 Å². The molecule has 0 amide bonds. The number of nitriles is 1. The van der Waals surface area contributed by atoms with Crippen LogP contribution < -0.4 is 10.1 Å². The van der Waals surface area contributed by atoms with Gasteiger partial charge in [-0.2, -0.15) is 5.26 Å².